The quantitative estimate of drug-likeness (QED) is 0.377. The summed E-state index contributed by atoms with van der Waals surface area (Å²) in [5, 5.41) is 5.71. The molecule has 0 fully saturated rings. The highest BCUT2D eigenvalue weighted by atomic mass is 79.9. The van der Waals surface area contributed by atoms with Crippen molar-refractivity contribution in [1.29, 1.82) is 0 Å². The van der Waals surface area contributed by atoms with Gasteiger partial charge in [-0.1, -0.05) is 50.9 Å². The van der Waals surface area contributed by atoms with Crippen LogP contribution in [0.25, 0.3) is 22.2 Å². The number of rotatable bonds is 5. The lowest BCUT2D eigenvalue weighted by atomic mass is 10.2. The summed E-state index contributed by atoms with van der Waals surface area (Å²) in [4.78, 5) is 4.96. The van der Waals surface area contributed by atoms with E-state index in [9.17, 15) is 8.42 Å². The molecule has 29 heavy (non-hydrogen) atoms. The van der Waals surface area contributed by atoms with Crippen LogP contribution >= 0.6 is 27.3 Å². The van der Waals surface area contributed by atoms with Crippen LogP contribution in [-0.2, 0) is 10.0 Å². The summed E-state index contributed by atoms with van der Waals surface area (Å²) < 4.78 is 34.0. The van der Waals surface area contributed by atoms with E-state index in [2.05, 4.69) is 26.1 Å². The number of aryl methyl sites for hydroxylation is 1. The number of sulfonamides is 1. The number of benzene rings is 2. The molecule has 0 spiro atoms. The monoisotopic (exact) mass is 489 g/mol. The first kappa shape index (κ1) is 19.8. The number of hydrogen-bond donors (Lipinski definition) is 0. The normalized spacial score (nSPS) is 11.6. The molecule has 4 rings (SSSR count). The molecule has 0 amide bonds. The number of anilines is 1. The number of aromatic nitrogens is 2. The van der Waals surface area contributed by atoms with E-state index in [1.165, 1.54) is 22.7 Å². The maximum absolute atomic E-state index is 13.2. The average molecular weight is 490 g/mol. The highest BCUT2D eigenvalue weighted by Crippen LogP contribution is 2.35. The van der Waals surface area contributed by atoms with Crippen LogP contribution in [0.2, 0.25) is 0 Å². The lowest BCUT2D eigenvalue weighted by Gasteiger charge is -2.19. The van der Waals surface area contributed by atoms with Gasteiger partial charge >= 0.3 is 0 Å². The predicted molar refractivity (Wildman–Crippen MR) is 118 cm³/mol. The van der Waals surface area contributed by atoms with Gasteiger partial charge < -0.3 is 4.52 Å². The Kier molecular flexibility index (Phi) is 5.28. The van der Waals surface area contributed by atoms with Crippen LogP contribution in [0.1, 0.15) is 5.56 Å². The molecule has 0 aliphatic rings. The van der Waals surface area contributed by atoms with Crippen LogP contribution in [0.3, 0.4) is 0 Å². The Morgan fingerprint density at radius 2 is 1.86 bits per heavy atom. The minimum atomic E-state index is -3.79. The second-order valence-electron chi connectivity index (χ2n) is 6.36. The summed E-state index contributed by atoms with van der Waals surface area (Å²) in [6.07, 6.45) is 0. The molecular formula is C20H16BrN3O3S2. The van der Waals surface area contributed by atoms with Crippen molar-refractivity contribution in [2.45, 2.75) is 11.8 Å². The van der Waals surface area contributed by atoms with Crippen molar-refractivity contribution in [3.8, 4) is 22.2 Å². The average Bonchev–Trinajstić information content (AvgIpc) is 3.37. The van der Waals surface area contributed by atoms with Crippen LogP contribution in [0, 0.1) is 6.92 Å². The minimum Gasteiger partial charge on any atom is -0.333 e. The minimum absolute atomic E-state index is 0.134. The Morgan fingerprint density at radius 1 is 1.10 bits per heavy atom. The lowest BCUT2D eigenvalue weighted by Crippen LogP contribution is -2.26. The maximum Gasteiger partial charge on any atom is 0.269 e. The predicted octanol–water partition coefficient (Wildman–Crippen LogP) is 5.36. The molecule has 2 aromatic heterocycles. The Morgan fingerprint density at radius 3 is 2.59 bits per heavy atom. The molecule has 9 heteroatoms. The van der Waals surface area contributed by atoms with Crippen LogP contribution < -0.4 is 4.31 Å². The van der Waals surface area contributed by atoms with Crippen molar-refractivity contribution in [2.24, 2.45) is 0 Å². The molecule has 0 bridgehead atoms. The van der Waals surface area contributed by atoms with E-state index >= 15 is 0 Å². The summed E-state index contributed by atoms with van der Waals surface area (Å²) in [5.74, 6) is 0.566. The Balaban J connectivity index is 1.71. The van der Waals surface area contributed by atoms with Gasteiger partial charge in [-0.15, -0.1) is 11.3 Å². The fourth-order valence-electron chi connectivity index (χ4n) is 2.76. The van der Waals surface area contributed by atoms with Crippen LogP contribution in [-0.4, -0.2) is 25.6 Å². The van der Waals surface area contributed by atoms with E-state index in [-0.39, 0.29) is 10.8 Å². The highest BCUT2D eigenvalue weighted by Gasteiger charge is 2.28. The first-order valence-electron chi connectivity index (χ1n) is 8.59. The summed E-state index contributed by atoms with van der Waals surface area (Å²) >= 11 is 4.66. The first-order chi connectivity index (χ1) is 13.9. The standard InChI is InChI=1S/C20H16BrN3O3S2/c1-13-6-8-16(9-7-13)24(2)29(25,26)17-10-11-28-18(17)20-22-19(23-27-20)14-4-3-5-15(21)12-14/h3-12H,1-2H3. The van der Waals surface area contributed by atoms with Crippen molar-refractivity contribution >= 4 is 43.0 Å². The second-order valence-corrected chi connectivity index (χ2v) is 10.1. The van der Waals surface area contributed by atoms with Gasteiger partial charge in [0.05, 0.1) is 5.69 Å². The van der Waals surface area contributed by atoms with E-state index in [1.807, 2.05) is 43.3 Å². The van der Waals surface area contributed by atoms with Gasteiger partial charge in [0.2, 0.25) is 5.82 Å². The third-order valence-electron chi connectivity index (χ3n) is 4.37. The second kappa shape index (κ2) is 7.74. The van der Waals surface area contributed by atoms with Gasteiger partial charge in [0.15, 0.2) is 0 Å². The summed E-state index contributed by atoms with van der Waals surface area (Å²) in [6, 6.07) is 16.3. The highest BCUT2D eigenvalue weighted by molar-refractivity contribution is 9.10. The van der Waals surface area contributed by atoms with Gasteiger partial charge in [-0.2, -0.15) is 4.98 Å². The largest absolute Gasteiger partial charge is 0.333 e. The van der Waals surface area contributed by atoms with Gasteiger partial charge in [-0.05, 0) is 42.6 Å². The van der Waals surface area contributed by atoms with Crippen LogP contribution in [0.5, 0.6) is 0 Å². The molecular weight excluding hydrogens is 474 g/mol. The molecule has 0 radical (unpaired) electrons. The third kappa shape index (κ3) is 3.85. The molecule has 0 unspecified atom stereocenters. The smallest absolute Gasteiger partial charge is 0.269 e. The zero-order chi connectivity index (χ0) is 20.6. The molecule has 0 aliphatic heterocycles. The van der Waals surface area contributed by atoms with Crippen LogP contribution in [0.4, 0.5) is 5.69 Å². The zero-order valence-electron chi connectivity index (χ0n) is 15.5. The molecule has 0 saturated heterocycles. The lowest BCUT2D eigenvalue weighted by molar-refractivity contribution is 0.432. The molecule has 0 aliphatic carbocycles. The van der Waals surface area contributed by atoms with E-state index in [0.29, 0.717) is 16.4 Å². The molecule has 148 valence electrons. The van der Waals surface area contributed by atoms with E-state index in [4.69, 9.17) is 4.52 Å². The van der Waals surface area contributed by atoms with E-state index < -0.39 is 10.0 Å². The molecule has 2 aromatic carbocycles. The molecule has 0 atom stereocenters. The zero-order valence-corrected chi connectivity index (χ0v) is 18.8. The van der Waals surface area contributed by atoms with E-state index in [1.54, 1.807) is 23.6 Å². The Hall–Kier alpha value is -2.49. The number of nitrogens with zero attached hydrogens (tertiary/aromatic N) is 3. The van der Waals surface area contributed by atoms with Crippen molar-refractivity contribution in [1.82, 2.24) is 10.1 Å². The number of thiophene rings is 1. The SMILES string of the molecule is Cc1ccc(N(C)S(=O)(=O)c2ccsc2-c2nc(-c3cccc(Br)c3)no2)cc1. The van der Waals surface area contributed by atoms with Crippen molar-refractivity contribution in [3.63, 3.8) is 0 Å². The number of halogens is 1. The van der Waals surface area contributed by atoms with Crippen LogP contribution in [0.15, 0.2) is 73.9 Å². The van der Waals surface area contributed by atoms with Crippen molar-refractivity contribution in [2.75, 3.05) is 11.4 Å². The summed E-state index contributed by atoms with van der Waals surface area (Å²) in [5.41, 5.74) is 2.40. The van der Waals surface area contributed by atoms with Crippen molar-refractivity contribution in [3.05, 3.63) is 70.0 Å². The topological polar surface area (TPSA) is 76.3 Å². The van der Waals surface area contributed by atoms with Gasteiger partial charge in [0.1, 0.15) is 9.77 Å². The summed E-state index contributed by atoms with van der Waals surface area (Å²) in [7, 11) is -2.26. The molecule has 0 saturated carbocycles. The fourth-order valence-corrected chi connectivity index (χ4v) is 5.67. The molecule has 2 heterocycles. The molecule has 0 N–H and O–H groups in total. The van der Waals surface area contributed by atoms with Crippen molar-refractivity contribution < 1.29 is 12.9 Å². The third-order valence-corrected chi connectivity index (χ3v) is 7.72. The van der Waals surface area contributed by atoms with Gasteiger partial charge in [-0.25, -0.2) is 8.42 Å². The molecule has 4 aromatic rings. The Bertz CT molecular complexity index is 1260. The Labute approximate surface area is 181 Å². The number of hydrogen-bond acceptors (Lipinski definition) is 6. The van der Waals surface area contributed by atoms with E-state index in [0.717, 1.165) is 15.6 Å². The van der Waals surface area contributed by atoms with Gasteiger partial charge in [-0.3, -0.25) is 4.31 Å². The van der Waals surface area contributed by atoms with Gasteiger partial charge in [0.25, 0.3) is 15.9 Å². The maximum atomic E-state index is 13.2. The fraction of sp³-hybridized carbons (Fsp3) is 0.100. The van der Waals surface area contributed by atoms with Gasteiger partial charge in [0, 0.05) is 17.1 Å². The summed E-state index contributed by atoms with van der Waals surface area (Å²) in [6.45, 7) is 1.95. The first-order valence-corrected chi connectivity index (χ1v) is 11.7. The molecule has 6 nitrogen and oxygen atoms in total.